The van der Waals surface area contributed by atoms with Gasteiger partial charge in [-0.2, -0.15) is 0 Å². The number of ether oxygens (including phenoxy) is 1. The van der Waals surface area contributed by atoms with Gasteiger partial charge in [0.1, 0.15) is 5.75 Å². The Morgan fingerprint density at radius 3 is 1.91 bits per heavy atom. The minimum Gasteiger partial charge on any atom is -0.423 e. The summed E-state index contributed by atoms with van der Waals surface area (Å²) in [6.45, 7) is 5.70. The third-order valence-corrected chi connectivity index (χ3v) is 5.51. The molecule has 3 heteroatoms. The lowest BCUT2D eigenvalue weighted by atomic mass is 10.00. The van der Waals surface area contributed by atoms with E-state index in [4.69, 9.17) is 4.74 Å². The van der Waals surface area contributed by atoms with Gasteiger partial charge in [0.25, 0.3) is 0 Å². The number of ketones is 1. The fraction of sp³-hybridized carbons (Fsp3) is 0.241. The molecule has 0 spiro atoms. The minimum atomic E-state index is -0.433. The molecule has 164 valence electrons. The number of unbranched alkanes of at least 4 members (excludes halogenated alkanes) is 4. The molecule has 3 nitrogen and oxygen atoms in total. The van der Waals surface area contributed by atoms with Crippen molar-refractivity contribution in [3.05, 3.63) is 102 Å². The molecule has 0 aromatic heterocycles. The van der Waals surface area contributed by atoms with Gasteiger partial charge in [-0.05, 0) is 72.0 Å². The van der Waals surface area contributed by atoms with E-state index in [1.54, 1.807) is 36.4 Å². The lowest BCUT2D eigenvalue weighted by Gasteiger charge is -2.07. The second kappa shape index (κ2) is 11.8. The van der Waals surface area contributed by atoms with E-state index in [1.807, 2.05) is 12.1 Å². The zero-order chi connectivity index (χ0) is 22.8. The van der Waals surface area contributed by atoms with Crippen molar-refractivity contribution in [1.82, 2.24) is 0 Å². The van der Waals surface area contributed by atoms with Crippen LogP contribution >= 0.6 is 0 Å². The Hall–Kier alpha value is -3.46. The summed E-state index contributed by atoms with van der Waals surface area (Å²) in [4.78, 5) is 24.0. The van der Waals surface area contributed by atoms with E-state index in [9.17, 15) is 9.59 Å². The van der Waals surface area contributed by atoms with E-state index >= 15 is 0 Å². The topological polar surface area (TPSA) is 43.4 Å². The highest BCUT2D eigenvalue weighted by molar-refractivity contribution is 6.04. The molecule has 0 aliphatic heterocycles. The van der Waals surface area contributed by atoms with Crippen molar-refractivity contribution < 1.29 is 14.3 Å². The van der Waals surface area contributed by atoms with Crippen LogP contribution < -0.4 is 4.74 Å². The molecule has 3 aromatic rings. The summed E-state index contributed by atoms with van der Waals surface area (Å²) in [5.74, 6) is -0.207. The summed E-state index contributed by atoms with van der Waals surface area (Å²) in [7, 11) is 0. The lowest BCUT2D eigenvalue weighted by Crippen LogP contribution is -2.08. The van der Waals surface area contributed by atoms with E-state index in [0.29, 0.717) is 16.9 Å². The van der Waals surface area contributed by atoms with E-state index in [1.165, 1.54) is 43.7 Å². The maximum absolute atomic E-state index is 12.4. The predicted octanol–water partition coefficient (Wildman–Crippen LogP) is 7.45. The van der Waals surface area contributed by atoms with Gasteiger partial charge in [0.15, 0.2) is 5.78 Å². The van der Waals surface area contributed by atoms with Crippen LogP contribution in [0.15, 0.2) is 85.5 Å². The number of benzene rings is 3. The van der Waals surface area contributed by atoms with Crippen molar-refractivity contribution in [2.45, 2.75) is 45.4 Å². The summed E-state index contributed by atoms with van der Waals surface area (Å²) in [6, 6.07) is 22.5. The molecule has 0 aliphatic rings. The maximum Gasteiger partial charge on any atom is 0.343 e. The molecular weight excluding hydrogens is 396 g/mol. The molecule has 0 radical (unpaired) electrons. The fourth-order valence-corrected chi connectivity index (χ4v) is 3.57. The van der Waals surface area contributed by atoms with Gasteiger partial charge in [-0.15, -0.1) is 0 Å². The van der Waals surface area contributed by atoms with Crippen LogP contribution in [0.2, 0.25) is 0 Å². The van der Waals surface area contributed by atoms with Crippen LogP contribution in [0, 0.1) is 0 Å². The monoisotopic (exact) mass is 426 g/mol. The van der Waals surface area contributed by atoms with Crippen LogP contribution in [0.25, 0.3) is 11.1 Å². The average molecular weight is 427 g/mol. The summed E-state index contributed by atoms with van der Waals surface area (Å²) in [5.41, 5.74) is 4.53. The molecule has 0 unspecified atom stereocenters. The second-order valence-electron chi connectivity index (χ2n) is 7.92. The van der Waals surface area contributed by atoms with Crippen molar-refractivity contribution in [1.29, 1.82) is 0 Å². The molecule has 0 amide bonds. The Morgan fingerprint density at radius 1 is 0.750 bits per heavy atom. The van der Waals surface area contributed by atoms with Crippen LogP contribution in [0.4, 0.5) is 0 Å². The normalized spacial score (nSPS) is 10.5. The summed E-state index contributed by atoms with van der Waals surface area (Å²) in [5, 5.41) is 0. The Morgan fingerprint density at radius 2 is 1.31 bits per heavy atom. The molecule has 32 heavy (non-hydrogen) atoms. The quantitative estimate of drug-likeness (QED) is 0.105. The summed E-state index contributed by atoms with van der Waals surface area (Å²) < 4.78 is 5.42. The average Bonchev–Trinajstić information content (AvgIpc) is 2.84. The summed E-state index contributed by atoms with van der Waals surface area (Å²) >= 11 is 0. The van der Waals surface area contributed by atoms with Crippen molar-refractivity contribution in [3.8, 4) is 16.9 Å². The first-order valence-electron chi connectivity index (χ1n) is 11.3. The van der Waals surface area contributed by atoms with Gasteiger partial charge < -0.3 is 4.74 Å². The third-order valence-electron chi connectivity index (χ3n) is 5.51. The Kier molecular flexibility index (Phi) is 8.56. The standard InChI is InChI=1S/C29H30O3/c1-3-5-6-7-8-9-22-10-12-23(13-11-22)24-14-16-26(17-15-24)29(31)32-27-20-18-25(19-21-27)28(30)4-2/h4,10-21H,2-3,5-9H2,1H3. The third kappa shape index (κ3) is 6.52. The number of carbonyl (C=O) groups excluding carboxylic acids is 2. The first-order chi connectivity index (χ1) is 15.6. The Balaban J connectivity index is 1.56. The fourth-order valence-electron chi connectivity index (χ4n) is 3.57. The number of allylic oxidation sites excluding steroid dienone is 1. The van der Waals surface area contributed by atoms with Gasteiger partial charge in [0, 0.05) is 5.56 Å². The number of esters is 1. The van der Waals surface area contributed by atoms with E-state index in [0.717, 1.165) is 17.5 Å². The van der Waals surface area contributed by atoms with Crippen LogP contribution in [-0.2, 0) is 6.42 Å². The number of rotatable bonds is 11. The molecule has 0 heterocycles. The van der Waals surface area contributed by atoms with Crippen molar-refractivity contribution in [2.24, 2.45) is 0 Å². The predicted molar refractivity (Wildman–Crippen MR) is 130 cm³/mol. The van der Waals surface area contributed by atoms with Gasteiger partial charge in [-0.3, -0.25) is 4.79 Å². The van der Waals surface area contributed by atoms with Crippen LogP contribution in [0.3, 0.4) is 0 Å². The highest BCUT2D eigenvalue weighted by atomic mass is 16.5. The molecule has 0 saturated carbocycles. The van der Waals surface area contributed by atoms with Crippen molar-refractivity contribution in [2.75, 3.05) is 0 Å². The van der Waals surface area contributed by atoms with E-state index in [-0.39, 0.29) is 5.78 Å². The molecule has 0 atom stereocenters. The minimum absolute atomic E-state index is 0.168. The Labute approximate surface area is 190 Å². The smallest absolute Gasteiger partial charge is 0.343 e. The molecule has 0 fully saturated rings. The van der Waals surface area contributed by atoms with Crippen molar-refractivity contribution >= 4 is 11.8 Å². The molecule has 0 aliphatic carbocycles. The van der Waals surface area contributed by atoms with Gasteiger partial charge in [0.05, 0.1) is 5.56 Å². The number of hydrogen-bond donors (Lipinski definition) is 0. The molecule has 3 aromatic carbocycles. The zero-order valence-electron chi connectivity index (χ0n) is 18.7. The molecule has 0 bridgehead atoms. The number of hydrogen-bond acceptors (Lipinski definition) is 3. The highest BCUT2D eigenvalue weighted by Crippen LogP contribution is 2.22. The first kappa shape index (κ1) is 23.2. The molecule has 3 rings (SSSR count). The second-order valence-corrected chi connectivity index (χ2v) is 7.92. The molecule has 0 saturated heterocycles. The first-order valence-corrected chi connectivity index (χ1v) is 11.3. The number of aryl methyl sites for hydroxylation is 1. The van der Waals surface area contributed by atoms with Crippen molar-refractivity contribution in [3.63, 3.8) is 0 Å². The molecule has 0 N–H and O–H groups in total. The Bertz CT molecular complexity index is 1030. The summed E-state index contributed by atoms with van der Waals surface area (Å²) in [6.07, 6.45) is 8.84. The molecular formula is C29H30O3. The largest absolute Gasteiger partial charge is 0.423 e. The van der Waals surface area contributed by atoms with E-state index in [2.05, 4.69) is 37.8 Å². The highest BCUT2D eigenvalue weighted by Gasteiger charge is 2.10. The number of carbonyl (C=O) groups is 2. The maximum atomic E-state index is 12.4. The van der Waals surface area contributed by atoms with Crippen LogP contribution in [-0.4, -0.2) is 11.8 Å². The van der Waals surface area contributed by atoms with E-state index < -0.39 is 5.97 Å². The van der Waals surface area contributed by atoms with Crippen LogP contribution in [0.5, 0.6) is 5.75 Å². The van der Waals surface area contributed by atoms with Crippen LogP contribution in [0.1, 0.15) is 65.3 Å². The zero-order valence-corrected chi connectivity index (χ0v) is 18.7. The van der Waals surface area contributed by atoms with Gasteiger partial charge in [-0.25, -0.2) is 4.79 Å². The van der Waals surface area contributed by atoms with Gasteiger partial charge in [0.2, 0.25) is 0 Å². The van der Waals surface area contributed by atoms with Gasteiger partial charge in [-0.1, -0.05) is 75.6 Å². The SMILES string of the molecule is C=CC(=O)c1ccc(OC(=O)c2ccc(-c3ccc(CCCCCCC)cc3)cc2)cc1. The van der Waals surface area contributed by atoms with Gasteiger partial charge >= 0.3 is 5.97 Å². The lowest BCUT2D eigenvalue weighted by molar-refractivity contribution is 0.0734.